The fraction of sp³-hybridized carbons (Fsp3) is 0.280. The number of aryl methyl sites for hydroxylation is 1. The summed E-state index contributed by atoms with van der Waals surface area (Å²) in [5.41, 5.74) is 4.63. The number of nitrogens with one attached hydrogen (secondary N) is 2. The van der Waals surface area contributed by atoms with E-state index in [2.05, 4.69) is 39.9 Å². The molecular formula is C25H25N3O5S. The molecular weight excluding hydrogens is 454 g/mol. The van der Waals surface area contributed by atoms with Gasteiger partial charge in [0.2, 0.25) is 5.91 Å². The van der Waals surface area contributed by atoms with E-state index >= 15 is 0 Å². The summed E-state index contributed by atoms with van der Waals surface area (Å²) in [5, 5.41) is 14.4. The van der Waals surface area contributed by atoms with Crippen LogP contribution in [0.25, 0.3) is 11.1 Å². The van der Waals surface area contributed by atoms with E-state index in [9.17, 15) is 14.4 Å². The summed E-state index contributed by atoms with van der Waals surface area (Å²) in [6, 6.07) is 16.3. The SMILES string of the molecule is O=C(O)CCCNC(=O)CCc1cnc(NC(=O)OCC2c3ccccc3-c3ccccc32)s1. The van der Waals surface area contributed by atoms with Crippen molar-refractivity contribution in [1.29, 1.82) is 0 Å². The second-order valence-electron chi connectivity index (χ2n) is 7.93. The van der Waals surface area contributed by atoms with E-state index in [4.69, 9.17) is 9.84 Å². The summed E-state index contributed by atoms with van der Waals surface area (Å²) in [5.74, 6) is -1.04. The summed E-state index contributed by atoms with van der Waals surface area (Å²) >= 11 is 1.29. The Morgan fingerprint density at radius 2 is 1.68 bits per heavy atom. The molecule has 0 fully saturated rings. The van der Waals surface area contributed by atoms with Crippen molar-refractivity contribution < 1.29 is 24.2 Å². The van der Waals surface area contributed by atoms with Crippen LogP contribution in [-0.2, 0) is 20.7 Å². The molecule has 8 nitrogen and oxygen atoms in total. The number of nitrogens with zero attached hydrogens (tertiary/aromatic N) is 1. The lowest BCUT2D eigenvalue weighted by molar-refractivity contribution is -0.137. The van der Waals surface area contributed by atoms with Crippen molar-refractivity contribution in [2.24, 2.45) is 0 Å². The number of amides is 2. The molecule has 0 aliphatic heterocycles. The predicted octanol–water partition coefficient (Wildman–Crippen LogP) is 4.42. The molecule has 1 heterocycles. The molecule has 9 heteroatoms. The van der Waals surface area contributed by atoms with Crippen molar-refractivity contribution in [1.82, 2.24) is 10.3 Å². The molecule has 0 radical (unpaired) electrons. The number of hydrogen-bond donors (Lipinski definition) is 3. The van der Waals surface area contributed by atoms with Gasteiger partial charge in [-0.25, -0.2) is 9.78 Å². The smallest absolute Gasteiger partial charge is 0.413 e. The highest BCUT2D eigenvalue weighted by atomic mass is 32.1. The maximum Gasteiger partial charge on any atom is 0.413 e. The highest BCUT2D eigenvalue weighted by molar-refractivity contribution is 7.15. The van der Waals surface area contributed by atoms with E-state index in [1.165, 1.54) is 22.5 Å². The number of benzene rings is 2. The lowest BCUT2D eigenvalue weighted by Gasteiger charge is -2.14. The minimum Gasteiger partial charge on any atom is -0.481 e. The molecule has 0 unspecified atom stereocenters. The first-order chi connectivity index (χ1) is 16.5. The lowest BCUT2D eigenvalue weighted by atomic mass is 9.98. The molecule has 3 N–H and O–H groups in total. The van der Waals surface area contributed by atoms with Gasteiger partial charge in [0.1, 0.15) is 6.61 Å². The number of aromatic nitrogens is 1. The van der Waals surface area contributed by atoms with Crippen molar-refractivity contribution in [2.45, 2.75) is 31.6 Å². The van der Waals surface area contributed by atoms with Crippen molar-refractivity contribution in [3.63, 3.8) is 0 Å². The summed E-state index contributed by atoms with van der Waals surface area (Å²) in [6.07, 6.45) is 2.23. The zero-order valence-corrected chi connectivity index (χ0v) is 19.3. The first-order valence-corrected chi connectivity index (χ1v) is 11.9. The zero-order valence-electron chi connectivity index (χ0n) is 18.5. The van der Waals surface area contributed by atoms with Crippen molar-refractivity contribution in [3.05, 3.63) is 70.7 Å². The van der Waals surface area contributed by atoms with Gasteiger partial charge in [-0.3, -0.25) is 14.9 Å². The molecule has 3 aromatic rings. The van der Waals surface area contributed by atoms with Crippen LogP contribution in [0.3, 0.4) is 0 Å². The second-order valence-corrected chi connectivity index (χ2v) is 9.04. The average molecular weight is 480 g/mol. The third-order valence-electron chi connectivity index (χ3n) is 5.59. The van der Waals surface area contributed by atoms with E-state index in [0.29, 0.717) is 24.5 Å². The highest BCUT2D eigenvalue weighted by Crippen LogP contribution is 2.44. The fourth-order valence-corrected chi connectivity index (χ4v) is 4.79. The fourth-order valence-electron chi connectivity index (χ4n) is 4.00. The number of hydrogen-bond acceptors (Lipinski definition) is 6. The van der Waals surface area contributed by atoms with Gasteiger partial charge in [0.05, 0.1) is 0 Å². The number of carbonyl (C=O) groups is 3. The number of rotatable bonds is 10. The molecule has 34 heavy (non-hydrogen) atoms. The maximum atomic E-state index is 12.4. The summed E-state index contributed by atoms with van der Waals surface area (Å²) in [4.78, 5) is 39.8. The number of ether oxygens (including phenoxy) is 1. The molecule has 0 spiro atoms. The molecule has 2 aromatic carbocycles. The van der Waals surface area contributed by atoms with Crippen LogP contribution in [0.5, 0.6) is 0 Å². The van der Waals surface area contributed by atoms with Gasteiger partial charge in [0, 0.05) is 36.4 Å². The van der Waals surface area contributed by atoms with Gasteiger partial charge in [0.25, 0.3) is 0 Å². The van der Waals surface area contributed by atoms with Gasteiger partial charge in [-0.2, -0.15) is 0 Å². The van der Waals surface area contributed by atoms with Gasteiger partial charge in [0.15, 0.2) is 5.13 Å². The third kappa shape index (κ3) is 5.79. The van der Waals surface area contributed by atoms with E-state index in [0.717, 1.165) is 16.0 Å². The normalized spacial score (nSPS) is 12.0. The van der Waals surface area contributed by atoms with Crippen molar-refractivity contribution in [3.8, 4) is 11.1 Å². The Morgan fingerprint density at radius 3 is 2.35 bits per heavy atom. The Kier molecular flexibility index (Phi) is 7.54. The van der Waals surface area contributed by atoms with Gasteiger partial charge in [-0.05, 0) is 35.1 Å². The number of carboxylic acid groups (broad SMARTS) is 1. The quantitative estimate of drug-likeness (QED) is 0.371. The number of carbonyl (C=O) groups excluding carboxylic acids is 2. The molecule has 0 saturated carbocycles. The molecule has 4 rings (SSSR count). The van der Waals surface area contributed by atoms with Crippen LogP contribution in [0.1, 0.15) is 41.2 Å². The summed E-state index contributed by atoms with van der Waals surface area (Å²) in [7, 11) is 0. The highest BCUT2D eigenvalue weighted by Gasteiger charge is 2.29. The van der Waals surface area contributed by atoms with E-state index in [1.807, 2.05) is 24.3 Å². The Hall–Kier alpha value is -3.72. The van der Waals surface area contributed by atoms with Crippen molar-refractivity contribution >= 4 is 34.4 Å². The van der Waals surface area contributed by atoms with Gasteiger partial charge in [-0.1, -0.05) is 48.5 Å². The van der Waals surface area contributed by atoms with E-state index < -0.39 is 12.1 Å². The number of fused-ring (bicyclic) bond motifs is 3. The standard InChI is InChI=1S/C25H25N3O5S/c29-22(26-13-5-10-23(30)31)12-11-16-14-27-24(34-16)28-25(32)33-15-21-19-8-3-1-6-17(19)18-7-2-4-9-20(18)21/h1-4,6-9,14,21H,5,10-13,15H2,(H,26,29)(H,30,31)(H,27,28,32). The molecule has 0 atom stereocenters. The second kappa shape index (κ2) is 10.9. The van der Waals surface area contributed by atoms with Crippen LogP contribution >= 0.6 is 11.3 Å². The third-order valence-corrected chi connectivity index (χ3v) is 6.57. The van der Waals surface area contributed by atoms with Crippen LogP contribution < -0.4 is 10.6 Å². The molecule has 0 bridgehead atoms. The number of thiazole rings is 1. The number of carboxylic acids is 1. The zero-order chi connectivity index (χ0) is 23.9. The lowest BCUT2D eigenvalue weighted by Crippen LogP contribution is -2.24. The van der Waals surface area contributed by atoms with Crippen LogP contribution in [0.4, 0.5) is 9.93 Å². The minimum absolute atomic E-state index is 0.0148. The van der Waals surface area contributed by atoms with Crippen molar-refractivity contribution in [2.75, 3.05) is 18.5 Å². The first-order valence-electron chi connectivity index (χ1n) is 11.1. The molecule has 0 saturated heterocycles. The predicted molar refractivity (Wildman–Crippen MR) is 129 cm³/mol. The van der Waals surface area contributed by atoms with Crippen LogP contribution in [-0.4, -0.2) is 41.2 Å². The van der Waals surface area contributed by atoms with E-state index in [-0.39, 0.29) is 31.3 Å². The number of anilines is 1. The Labute approximate surface area is 201 Å². The van der Waals surface area contributed by atoms with Crippen LogP contribution in [0, 0.1) is 0 Å². The molecule has 176 valence electrons. The van der Waals surface area contributed by atoms with Crippen LogP contribution in [0.2, 0.25) is 0 Å². The van der Waals surface area contributed by atoms with E-state index in [1.54, 1.807) is 6.20 Å². The average Bonchev–Trinajstić information content (AvgIpc) is 3.41. The molecule has 2 amide bonds. The number of aliphatic carboxylic acids is 1. The van der Waals surface area contributed by atoms with Gasteiger partial charge >= 0.3 is 12.1 Å². The minimum atomic E-state index is -0.879. The topological polar surface area (TPSA) is 118 Å². The molecule has 1 aliphatic rings. The van der Waals surface area contributed by atoms with Gasteiger partial charge < -0.3 is 15.2 Å². The summed E-state index contributed by atoms with van der Waals surface area (Å²) in [6.45, 7) is 0.558. The van der Waals surface area contributed by atoms with Crippen LogP contribution in [0.15, 0.2) is 54.7 Å². The molecule has 1 aromatic heterocycles. The Morgan fingerprint density at radius 1 is 1.00 bits per heavy atom. The molecule has 1 aliphatic carbocycles. The Balaban J connectivity index is 1.24. The summed E-state index contributed by atoms with van der Waals surface area (Å²) < 4.78 is 5.53. The Bertz CT molecular complexity index is 1150. The monoisotopic (exact) mass is 479 g/mol. The van der Waals surface area contributed by atoms with Gasteiger partial charge in [-0.15, -0.1) is 11.3 Å². The maximum absolute atomic E-state index is 12.4. The largest absolute Gasteiger partial charge is 0.481 e. The first kappa shape index (κ1) is 23.4.